The van der Waals surface area contributed by atoms with Crippen molar-refractivity contribution in [1.82, 2.24) is 9.88 Å². The summed E-state index contributed by atoms with van der Waals surface area (Å²) in [6, 6.07) is 9.79. The Morgan fingerprint density at radius 2 is 1.72 bits per heavy atom. The summed E-state index contributed by atoms with van der Waals surface area (Å²) in [5, 5.41) is 4.41. The number of fused-ring (bicyclic) bond motifs is 2. The van der Waals surface area contributed by atoms with Crippen LogP contribution in [0.3, 0.4) is 0 Å². The molecule has 2 fully saturated rings. The van der Waals surface area contributed by atoms with Crippen LogP contribution >= 0.6 is 11.8 Å². The molecule has 0 saturated heterocycles. The van der Waals surface area contributed by atoms with Crippen molar-refractivity contribution in [2.75, 3.05) is 27.1 Å². The van der Waals surface area contributed by atoms with Gasteiger partial charge in [0, 0.05) is 16.7 Å². The molecule has 8 nitrogen and oxygen atoms in total. The summed E-state index contributed by atoms with van der Waals surface area (Å²) in [4.78, 5) is 30.7. The predicted molar refractivity (Wildman–Crippen MR) is 172 cm³/mol. The quantitative estimate of drug-likeness (QED) is 0.302. The summed E-state index contributed by atoms with van der Waals surface area (Å²) in [6.45, 7) is 7.96. The van der Waals surface area contributed by atoms with Gasteiger partial charge in [-0.1, -0.05) is 49.6 Å². The molecule has 0 radical (unpaired) electrons. The van der Waals surface area contributed by atoms with Crippen molar-refractivity contribution in [1.29, 1.82) is 0 Å². The highest BCUT2D eigenvalue weighted by atomic mass is 32.2. The van der Waals surface area contributed by atoms with Crippen LogP contribution in [0.4, 0.5) is 0 Å². The fraction of sp³-hybridized carbons (Fsp3) is 0.500. The van der Waals surface area contributed by atoms with E-state index in [4.69, 9.17) is 19.2 Å². The van der Waals surface area contributed by atoms with Crippen LogP contribution in [0.25, 0.3) is 10.9 Å². The minimum atomic E-state index is -0.577. The van der Waals surface area contributed by atoms with Gasteiger partial charge in [0.05, 0.1) is 26.8 Å². The molecule has 1 N–H and O–H groups in total. The van der Waals surface area contributed by atoms with Crippen LogP contribution in [-0.2, 0) is 21.6 Å². The van der Waals surface area contributed by atoms with E-state index in [-0.39, 0.29) is 12.5 Å². The zero-order valence-corrected chi connectivity index (χ0v) is 27.2. The predicted octanol–water partition coefficient (Wildman–Crippen LogP) is 6.70. The highest BCUT2D eigenvalue weighted by Crippen LogP contribution is 2.51. The molecule has 1 amide bonds. The van der Waals surface area contributed by atoms with Crippen LogP contribution in [0.2, 0.25) is 0 Å². The van der Waals surface area contributed by atoms with Gasteiger partial charge in [0.2, 0.25) is 0 Å². The third-order valence-electron chi connectivity index (χ3n) is 9.08. The Labute approximate surface area is 258 Å². The first-order valence-corrected chi connectivity index (χ1v) is 16.1. The molecule has 9 heteroatoms. The molecule has 0 bridgehead atoms. The number of aromatic nitrogens is 1. The fourth-order valence-corrected chi connectivity index (χ4v) is 7.82. The molecule has 2 aromatic carbocycles. The highest BCUT2D eigenvalue weighted by Gasteiger charge is 2.41. The first-order valence-electron chi connectivity index (χ1n) is 15.1. The first kappa shape index (κ1) is 31.0. The molecule has 3 aliphatic rings. The lowest BCUT2D eigenvalue weighted by Crippen LogP contribution is -2.30. The number of thioether (sulfide) groups is 1. The van der Waals surface area contributed by atoms with Gasteiger partial charge >= 0.3 is 5.97 Å². The number of nitrogens with zero attached hydrogens (tertiary/aromatic N) is 2. The Morgan fingerprint density at radius 3 is 2.30 bits per heavy atom. The molecule has 1 aliphatic heterocycles. The number of aryl methyl sites for hydroxylation is 3. The number of aliphatic imine (C=N–C) groups is 1. The molecule has 3 unspecified atom stereocenters. The molecule has 2 aliphatic carbocycles. The maximum atomic E-state index is 13.5. The molecule has 3 aromatic rings. The Kier molecular flexibility index (Phi) is 9.11. The number of hydrogen-bond acceptors (Lipinski definition) is 7. The van der Waals surface area contributed by atoms with E-state index in [1.54, 1.807) is 38.0 Å². The van der Waals surface area contributed by atoms with E-state index < -0.39 is 11.5 Å². The summed E-state index contributed by atoms with van der Waals surface area (Å²) in [7, 11) is 4.63. The van der Waals surface area contributed by atoms with Gasteiger partial charge in [0.25, 0.3) is 5.91 Å². The molecule has 43 heavy (non-hydrogen) atoms. The molecular weight excluding hydrogens is 562 g/mol. The van der Waals surface area contributed by atoms with Crippen molar-refractivity contribution in [3.63, 3.8) is 0 Å². The lowest BCUT2D eigenvalue weighted by molar-refractivity contribution is -0.141. The van der Waals surface area contributed by atoms with Crippen LogP contribution in [0.1, 0.15) is 71.8 Å². The number of methoxy groups -OCH3 is 3. The average molecular weight is 606 g/mol. The summed E-state index contributed by atoms with van der Waals surface area (Å²) >= 11 is 1.49. The summed E-state index contributed by atoms with van der Waals surface area (Å²) in [5.74, 6) is 3.81. The number of ether oxygens (including phenoxy) is 3. The zero-order valence-electron chi connectivity index (χ0n) is 26.3. The van der Waals surface area contributed by atoms with Gasteiger partial charge < -0.3 is 18.8 Å². The lowest BCUT2D eigenvalue weighted by atomic mass is 9.88. The maximum Gasteiger partial charge on any atom is 0.325 e. The molecule has 3 atom stereocenters. The monoisotopic (exact) mass is 605 g/mol. The third-order valence-corrected chi connectivity index (χ3v) is 10.2. The van der Waals surface area contributed by atoms with Crippen molar-refractivity contribution >= 4 is 39.7 Å². The zero-order chi connectivity index (χ0) is 30.9. The second kappa shape index (κ2) is 12.6. The van der Waals surface area contributed by atoms with Gasteiger partial charge in [-0.05, 0) is 80.8 Å². The van der Waals surface area contributed by atoms with Crippen molar-refractivity contribution in [3.8, 4) is 11.5 Å². The van der Waals surface area contributed by atoms with Gasteiger partial charge in [-0.25, -0.2) is 4.99 Å². The average Bonchev–Trinajstić information content (AvgIpc) is 3.30. The molecule has 6 rings (SSSR count). The molecular formula is C34H43N3O5S. The molecule has 2 saturated carbocycles. The van der Waals surface area contributed by atoms with Crippen molar-refractivity contribution in [3.05, 3.63) is 58.3 Å². The largest absolute Gasteiger partial charge is 0.496 e. The number of carbonyl (C=O) groups excluding carboxylic acids is 2. The minimum Gasteiger partial charge on any atom is -0.496 e. The topological polar surface area (TPSA) is 91.2 Å². The summed E-state index contributed by atoms with van der Waals surface area (Å²) < 4.78 is 17.9. The van der Waals surface area contributed by atoms with E-state index in [2.05, 4.69) is 12.2 Å². The SMILES string of the molecule is C1CC2CC2C1.CCC1(c2cc(OC)c(C)cc2OC)CSC(NC(=O)c2cc3cc(C)cc(C)c3n2CC(=O)OC)=N1. The number of hydrogen-bond donors (Lipinski definition) is 1. The van der Waals surface area contributed by atoms with E-state index in [1.807, 2.05) is 51.1 Å². The van der Waals surface area contributed by atoms with Gasteiger partial charge in [-0.2, -0.15) is 0 Å². The number of esters is 1. The highest BCUT2D eigenvalue weighted by molar-refractivity contribution is 8.14. The Morgan fingerprint density at radius 1 is 1.00 bits per heavy atom. The van der Waals surface area contributed by atoms with Crippen molar-refractivity contribution < 1.29 is 23.8 Å². The van der Waals surface area contributed by atoms with Gasteiger partial charge in [-0.3, -0.25) is 14.9 Å². The lowest BCUT2D eigenvalue weighted by Gasteiger charge is -2.27. The maximum absolute atomic E-state index is 13.5. The number of carbonyl (C=O) groups is 2. The van der Waals surface area contributed by atoms with E-state index >= 15 is 0 Å². The molecule has 2 heterocycles. The minimum absolute atomic E-state index is 0.0640. The van der Waals surface area contributed by atoms with Crippen LogP contribution < -0.4 is 14.8 Å². The van der Waals surface area contributed by atoms with Gasteiger partial charge in [0.15, 0.2) is 5.17 Å². The number of nitrogens with one attached hydrogen (secondary N) is 1. The Bertz CT molecular complexity index is 1570. The Hall–Kier alpha value is -3.46. The normalized spacial score (nSPS) is 21.9. The summed E-state index contributed by atoms with van der Waals surface area (Å²) in [6.07, 6.45) is 6.95. The number of amidine groups is 1. The van der Waals surface area contributed by atoms with Gasteiger partial charge in [0.1, 0.15) is 29.3 Å². The van der Waals surface area contributed by atoms with E-state index in [9.17, 15) is 9.59 Å². The van der Waals surface area contributed by atoms with E-state index in [0.717, 1.165) is 44.7 Å². The van der Waals surface area contributed by atoms with Crippen LogP contribution in [0, 0.1) is 32.6 Å². The third kappa shape index (κ3) is 6.28. The van der Waals surface area contributed by atoms with E-state index in [0.29, 0.717) is 23.0 Å². The number of rotatable bonds is 7. The fourth-order valence-electron chi connectivity index (χ4n) is 6.62. The Balaban J connectivity index is 0.000000537. The van der Waals surface area contributed by atoms with E-state index in [1.165, 1.54) is 37.1 Å². The molecule has 1 aromatic heterocycles. The molecule has 230 valence electrons. The second-order valence-corrected chi connectivity index (χ2v) is 12.9. The number of amides is 1. The van der Waals surface area contributed by atoms with Gasteiger partial charge in [-0.15, -0.1) is 0 Å². The van der Waals surface area contributed by atoms with Crippen LogP contribution in [0.15, 0.2) is 35.3 Å². The van der Waals surface area contributed by atoms with Crippen molar-refractivity contribution in [2.45, 2.75) is 71.9 Å². The number of benzene rings is 2. The smallest absolute Gasteiger partial charge is 0.325 e. The molecule has 0 spiro atoms. The standard InChI is InChI=1S/C28H33N3O5S.C6H10/c1-8-28(20-13-22(34-5)17(3)11-23(20)35-6)15-37-27(30-28)29-26(33)21-12-19-10-16(2)9-18(4)25(19)31(21)14-24(32)36-7;1-2-5-4-6(5)3-1/h9-13H,8,14-15H2,1-7H3,(H,29,30,33);5-6H,1-4H2. The summed E-state index contributed by atoms with van der Waals surface area (Å²) in [5.41, 5.74) is 4.59. The van der Waals surface area contributed by atoms with Crippen LogP contribution in [0.5, 0.6) is 11.5 Å². The second-order valence-electron chi connectivity index (χ2n) is 12.0. The van der Waals surface area contributed by atoms with Crippen LogP contribution in [-0.4, -0.2) is 48.7 Å². The first-order chi connectivity index (χ1) is 20.6. The van der Waals surface area contributed by atoms with Crippen molar-refractivity contribution in [2.24, 2.45) is 16.8 Å².